The molecule has 8 heteroatoms. The third kappa shape index (κ3) is 4.38. The summed E-state index contributed by atoms with van der Waals surface area (Å²) >= 11 is 0. The average molecular weight is 441 g/mol. The molecule has 1 fully saturated rings. The Balaban J connectivity index is 1.41. The number of piperidine rings is 1. The van der Waals surface area contributed by atoms with Crippen LogP contribution in [0.15, 0.2) is 36.4 Å². The Hall–Kier alpha value is -2.84. The topological polar surface area (TPSA) is 81.9 Å². The third-order valence-corrected chi connectivity index (χ3v) is 6.59. The van der Waals surface area contributed by atoms with Gasteiger partial charge in [0.2, 0.25) is 0 Å². The van der Waals surface area contributed by atoms with E-state index in [1.165, 1.54) is 0 Å². The third-order valence-electron chi connectivity index (χ3n) is 6.59. The summed E-state index contributed by atoms with van der Waals surface area (Å²) in [7, 11) is 4.77. The zero-order chi connectivity index (χ0) is 22.7. The first-order chi connectivity index (χ1) is 15.5. The van der Waals surface area contributed by atoms with Crippen LogP contribution in [0, 0.1) is 5.92 Å². The van der Waals surface area contributed by atoms with Crippen LogP contribution in [0.5, 0.6) is 17.2 Å². The molecule has 2 unspecified atom stereocenters. The Morgan fingerprint density at radius 1 is 1.00 bits per heavy atom. The number of benzene rings is 2. The summed E-state index contributed by atoms with van der Waals surface area (Å²) in [6, 6.07) is 11.6. The molecule has 0 bridgehead atoms. The zero-order valence-corrected chi connectivity index (χ0v) is 19.2. The number of aliphatic hydroxyl groups is 1. The van der Waals surface area contributed by atoms with E-state index in [4.69, 9.17) is 14.2 Å². The fourth-order valence-corrected chi connectivity index (χ4v) is 4.58. The van der Waals surface area contributed by atoms with E-state index in [9.17, 15) is 5.11 Å². The van der Waals surface area contributed by atoms with Crippen molar-refractivity contribution in [1.82, 2.24) is 19.9 Å². The highest BCUT2D eigenvalue weighted by molar-refractivity contribution is 5.73. The van der Waals surface area contributed by atoms with Crippen LogP contribution in [0.4, 0.5) is 0 Å². The lowest BCUT2D eigenvalue weighted by Crippen LogP contribution is -2.43. The van der Waals surface area contributed by atoms with Crippen LogP contribution >= 0.6 is 0 Å². The lowest BCUT2D eigenvalue weighted by molar-refractivity contribution is 0.0338. The summed E-state index contributed by atoms with van der Waals surface area (Å²) < 4.78 is 18.3. The molecule has 1 saturated heterocycles. The second-order valence-electron chi connectivity index (χ2n) is 8.37. The first kappa shape index (κ1) is 22.4. The van der Waals surface area contributed by atoms with Crippen LogP contribution in [0.3, 0.4) is 0 Å². The highest BCUT2D eigenvalue weighted by Gasteiger charge is 2.30. The Morgan fingerprint density at radius 3 is 2.34 bits per heavy atom. The van der Waals surface area contributed by atoms with Crippen LogP contribution in [0.25, 0.3) is 11.0 Å². The second kappa shape index (κ2) is 9.75. The molecule has 0 saturated carbocycles. The van der Waals surface area contributed by atoms with Crippen molar-refractivity contribution in [3.8, 4) is 17.2 Å². The van der Waals surface area contributed by atoms with E-state index in [0.717, 1.165) is 43.5 Å². The minimum atomic E-state index is -0.708. The molecule has 32 heavy (non-hydrogen) atoms. The lowest BCUT2D eigenvalue weighted by atomic mass is 9.93. The Bertz CT molecular complexity index is 1050. The van der Waals surface area contributed by atoms with Crippen molar-refractivity contribution in [2.45, 2.75) is 38.5 Å². The van der Waals surface area contributed by atoms with Crippen molar-refractivity contribution in [2.75, 3.05) is 34.4 Å². The van der Waals surface area contributed by atoms with Crippen molar-refractivity contribution in [2.24, 2.45) is 5.92 Å². The van der Waals surface area contributed by atoms with Gasteiger partial charge in [0.1, 0.15) is 11.3 Å². The first-order valence-corrected chi connectivity index (χ1v) is 11.1. The molecular formula is C24H32N4O4. The highest BCUT2D eigenvalue weighted by atomic mass is 16.5. The number of likely N-dealkylation sites (tertiary alicyclic amines) is 1. The molecule has 1 aromatic heterocycles. The Kier molecular flexibility index (Phi) is 6.81. The van der Waals surface area contributed by atoms with Crippen LogP contribution in [-0.2, 0) is 6.54 Å². The molecule has 2 heterocycles. The van der Waals surface area contributed by atoms with Gasteiger partial charge in [0, 0.05) is 24.2 Å². The number of fused-ring (bicyclic) bond motifs is 1. The summed E-state index contributed by atoms with van der Waals surface area (Å²) in [5, 5.41) is 19.8. The predicted molar refractivity (Wildman–Crippen MR) is 122 cm³/mol. The molecule has 2 atom stereocenters. The van der Waals surface area contributed by atoms with E-state index in [0.29, 0.717) is 28.7 Å². The summed E-state index contributed by atoms with van der Waals surface area (Å²) in [4.78, 5) is 2.34. The SMILES string of the molecule is COc1cc(OC)c(C(O)C(C)N2CCC(Cn3nnc4ccccc43)CC2)cc1OC. The zero-order valence-electron chi connectivity index (χ0n) is 19.2. The summed E-state index contributed by atoms with van der Waals surface area (Å²) in [6.07, 6.45) is 1.39. The lowest BCUT2D eigenvalue weighted by Gasteiger charge is -2.38. The number of rotatable bonds is 8. The fraction of sp³-hybridized carbons (Fsp3) is 0.500. The van der Waals surface area contributed by atoms with E-state index in [-0.39, 0.29) is 6.04 Å². The second-order valence-corrected chi connectivity index (χ2v) is 8.37. The maximum atomic E-state index is 11.2. The van der Waals surface area contributed by atoms with Gasteiger partial charge in [-0.2, -0.15) is 0 Å². The van der Waals surface area contributed by atoms with Crippen molar-refractivity contribution < 1.29 is 19.3 Å². The Labute approximate surface area is 188 Å². The standard InChI is InChI=1S/C24H32N4O4/c1-16(24(29)18-13-22(31-3)23(32-4)14-21(18)30-2)27-11-9-17(10-12-27)15-28-20-8-6-5-7-19(20)25-26-28/h5-8,13-14,16-17,24,29H,9-12,15H2,1-4H3. The van der Waals surface area contributed by atoms with Crippen LogP contribution in [0.2, 0.25) is 0 Å². The van der Waals surface area contributed by atoms with Gasteiger partial charge in [0.25, 0.3) is 0 Å². The van der Waals surface area contributed by atoms with E-state index in [1.807, 2.05) is 22.9 Å². The molecule has 2 aromatic carbocycles. The first-order valence-electron chi connectivity index (χ1n) is 11.1. The Morgan fingerprint density at radius 2 is 1.66 bits per heavy atom. The summed E-state index contributed by atoms with van der Waals surface area (Å²) in [6.45, 7) is 4.77. The highest BCUT2D eigenvalue weighted by Crippen LogP contribution is 2.39. The molecule has 4 rings (SSSR count). The van der Waals surface area contributed by atoms with Gasteiger partial charge in [0.05, 0.1) is 33.0 Å². The van der Waals surface area contributed by atoms with E-state index in [1.54, 1.807) is 33.5 Å². The van der Waals surface area contributed by atoms with E-state index in [2.05, 4.69) is 28.2 Å². The number of methoxy groups -OCH3 is 3. The fourth-order valence-electron chi connectivity index (χ4n) is 4.58. The van der Waals surface area contributed by atoms with Crippen LogP contribution in [-0.4, -0.2) is 65.5 Å². The number of nitrogens with zero attached hydrogens (tertiary/aromatic N) is 4. The van der Waals surface area contributed by atoms with Gasteiger partial charge in [-0.15, -0.1) is 5.10 Å². The monoisotopic (exact) mass is 440 g/mol. The van der Waals surface area contributed by atoms with Gasteiger partial charge in [0.15, 0.2) is 11.5 Å². The normalized spacial score (nSPS) is 17.3. The molecule has 8 nitrogen and oxygen atoms in total. The molecular weight excluding hydrogens is 408 g/mol. The van der Waals surface area contributed by atoms with Gasteiger partial charge in [-0.1, -0.05) is 17.3 Å². The molecule has 1 N–H and O–H groups in total. The summed E-state index contributed by atoms with van der Waals surface area (Å²) in [5.74, 6) is 2.29. The van der Waals surface area contributed by atoms with Crippen LogP contribution in [0.1, 0.15) is 31.4 Å². The number of hydrogen-bond acceptors (Lipinski definition) is 7. The van der Waals surface area contributed by atoms with Gasteiger partial charge < -0.3 is 19.3 Å². The van der Waals surface area contributed by atoms with E-state index >= 15 is 0 Å². The number of para-hydroxylation sites is 1. The number of ether oxygens (including phenoxy) is 3. The molecule has 1 aliphatic rings. The minimum absolute atomic E-state index is 0.0600. The van der Waals surface area contributed by atoms with Crippen molar-refractivity contribution >= 4 is 11.0 Å². The van der Waals surface area contributed by atoms with E-state index < -0.39 is 6.10 Å². The quantitative estimate of drug-likeness (QED) is 0.576. The maximum absolute atomic E-state index is 11.2. The molecule has 172 valence electrons. The number of hydrogen-bond donors (Lipinski definition) is 1. The molecule has 0 radical (unpaired) electrons. The van der Waals surface area contributed by atoms with Crippen molar-refractivity contribution in [1.29, 1.82) is 0 Å². The minimum Gasteiger partial charge on any atom is -0.496 e. The van der Waals surface area contributed by atoms with Crippen molar-refractivity contribution in [3.63, 3.8) is 0 Å². The number of aliphatic hydroxyl groups excluding tert-OH is 1. The maximum Gasteiger partial charge on any atom is 0.164 e. The van der Waals surface area contributed by atoms with Gasteiger partial charge >= 0.3 is 0 Å². The number of aromatic nitrogens is 3. The molecule has 0 aliphatic carbocycles. The van der Waals surface area contributed by atoms with Gasteiger partial charge in [-0.05, 0) is 57.0 Å². The van der Waals surface area contributed by atoms with Crippen LogP contribution < -0.4 is 14.2 Å². The summed E-state index contributed by atoms with van der Waals surface area (Å²) in [5.41, 5.74) is 2.72. The predicted octanol–water partition coefficient (Wildman–Crippen LogP) is 3.29. The largest absolute Gasteiger partial charge is 0.496 e. The van der Waals surface area contributed by atoms with Gasteiger partial charge in [-0.3, -0.25) is 4.90 Å². The molecule has 1 aliphatic heterocycles. The molecule has 3 aromatic rings. The van der Waals surface area contributed by atoms with Crippen molar-refractivity contribution in [3.05, 3.63) is 42.0 Å². The smallest absolute Gasteiger partial charge is 0.164 e. The molecule has 0 amide bonds. The average Bonchev–Trinajstić information content (AvgIpc) is 3.25. The molecule has 0 spiro atoms. The van der Waals surface area contributed by atoms with Gasteiger partial charge in [-0.25, -0.2) is 4.68 Å².